The molecule has 0 radical (unpaired) electrons. The van der Waals surface area contributed by atoms with Crippen molar-refractivity contribution in [3.8, 4) is 0 Å². The standard InChI is InChI=1S/C14H19N3S/c1-10(2)14-16-11-4-3-5-12(13(11)18-14)17-8-6-15-7-9-17/h3-5,10,15H,6-9H2,1-2H3. The summed E-state index contributed by atoms with van der Waals surface area (Å²) in [4.78, 5) is 7.22. The van der Waals surface area contributed by atoms with Crippen LogP contribution in [0.2, 0.25) is 0 Å². The minimum absolute atomic E-state index is 0.512. The Bertz CT molecular complexity index is 541. The average molecular weight is 261 g/mol. The van der Waals surface area contributed by atoms with Crippen molar-refractivity contribution in [2.24, 2.45) is 0 Å². The summed E-state index contributed by atoms with van der Waals surface area (Å²) >= 11 is 1.85. The van der Waals surface area contributed by atoms with E-state index >= 15 is 0 Å². The smallest absolute Gasteiger partial charge is 0.0964 e. The van der Waals surface area contributed by atoms with Crippen molar-refractivity contribution in [2.45, 2.75) is 19.8 Å². The number of rotatable bonds is 2. The van der Waals surface area contributed by atoms with Gasteiger partial charge >= 0.3 is 0 Å². The molecule has 0 atom stereocenters. The summed E-state index contributed by atoms with van der Waals surface area (Å²) in [7, 11) is 0. The lowest BCUT2D eigenvalue weighted by Crippen LogP contribution is -2.43. The number of anilines is 1. The normalized spacial score (nSPS) is 16.7. The molecule has 0 amide bonds. The van der Waals surface area contributed by atoms with E-state index in [2.05, 4.69) is 42.3 Å². The minimum Gasteiger partial charge on any atom is -0.368 e. The summed E-state index contributed by atoms with van der Waals surface area (Å²) in [6.07, 6.45) is 0. The maximum Gasteiger partial charge on any atom is 0.0964 e. The Morgan fingerprint density at radius 2 is 2.06 bits per heavy atom. The summed E-state index contributed by atoms with van der Waals surface area (Å²) in [5.41, 5.74) is 2.51. The minimum atomic E-state index is 0.512. The zero-order valence-electron chi connectivity index (χ0n) is 10.9. The molecule has 4 heteroatoms. The number of hydrogen-bond donors (Lipinski definition) is 1. The highest BCUT2D eigenvalue weighted by Gasteiger charge is 2.16. The van der Waals surface area contributed by atoms with Crippen molar-refractivity contribution < 1.29 is 0 Å². The second-order valence-electron chi connectivity index (χ2n) is 5.07. The number of nitrogens with zero attached hydrogens (tertiary/aromatic N) is 2. The van der Waals surface area contributed by atoms with Gasteiger partial charge in [0.1, 0.15) is 0 Å². The lowest BCUT2D eigenvalue weighted by Gasteiger charge is -2.29. The van der Waals surface area contributed by atoms with Crippen molar-refractivity contribution in [3.63, 3.8) is 0 Å². The maximum atomic E-state index is 4.74. The Hall–Kier alpha value is -1.13. The summed E-state index contributed by atoms with van der Waals surface area (Å²) in [5, 5.41) is 4.65. The van der Waals surface area contributed by atoms with Crippen LogP contribution in [0.1, 0.15) is 24.8 Å². The van der Waals surface area contributed by atoms with Crippen molar-refractivity contribution in [1.82, 2.24) is 10.3 Å². The Kier molecular flexibility index (Phi) is 3.22. The predicted molar refractivity (Wildman–Crippen MR) is 78.8 cm³/mol. The first-order valence-electron chi connectivity index (χ1n) is 6.61. The molecule has 1 aromatic carbocycles. The van der Waals surface area contributed by atoms with Gasteiger partial charge in [0.05, 0.1) is 20.9 Å². The molecule has 1 aromatic heterocycles. The molecule has 1 aliphatic heterocycles. The summed E-state index contributed by atoms with van der Waals surface area (Å²) < 4.78 is 1.35. The SMILES string of the molecule is CC(C)c1nc2cccc(N3CCNCC3)c2s1. The molecule has 0 unspecified atom stereocenters. The van der Waals surface area contributed by atoms with Gasteiger partial charge in [0.25, 0.3) is 0 Å². The van der Waals surface area contributed by atoms with Crippen LogP contribution in [-0.4, -0.2) is 31.2 Å². The third-order valence-electron chi connectivity index (χ3n) is 3.36. The highest BCUT2D eigenvalue weighted by Crippen LogP contribution is 2.34. The van der Waals surface area contributed by atoms with E-state index in [1.54, 1.807) is 0 Å². The van der Waals surface area contributed by atoms with Gasteiger partial charge in [-0.25, -0.2) is 4.98 Å². The molecule has 96 valence electrons. The van der Waals surface area contributed by atoms with E-state index < -0.39 is 0 Å². The van der Waals surface area contributed by atoms with E-state index in [1.165, 1.54) is 15.4 Å². The fraction of sp³-hybridized carbons (Fsp3) is 0.500. The molecule has 1 saturated heterocycles. The van der Waals surface area contributed by atoms with Crippen LogP contribution < -0.4 is 10.2 Å². The van der Waals surface area contributed by atoms with Gasteiger partial charge in [0, 0.05) is 32.1 Å². The van der Waals surface area contributed by atoms with E-state index in [0.29, 0.717) is 5.92 Å². The van der Waals surface area contributed by atoms with Crippen molar-refractivity contribution >= 4 is 27.2 Å². The molecular formula is C14H19N3S. The molecule has 0 bridgehead atoms. The van der Waals surface area contributed by atoms with Gasteiger partial charge in [-0.05, 0) is 12.1 Å². The summed E-state index contributed by atoms with van der Waals surface area (Å²) in [6, 6.07) is 6.49. The predicted octanol–water partition coefficient (Wildman–Crippen LogP) is 2.83. The Morgan fingerprint density at radius 3 is 2.78 bits per heavy atom. The molecule has 0 spiro atoms. The van der Waals surface area contributed by atoms with Crippen LogP contribution >= 0.6 is 11.3 Å². The van der Waals surface area contributed by atoms with E-state index in [0.717, 1.165) is 31.7 Å². The van der Waals surface area contributed by atoms with Gasteiger partial charge in [-0.3, -0.25) is 0 Å². The molecule has 3 nitrogen and oxygen atoms in total. The number of piperazine rings is 1. The molecule has 2 aromatic rings. The lowest BCUT2D eigenvalue weighted by atomic mass is 10.2. The van der Waals surface area contributed by atoms with Crippen molar-refractivity contribution in [2.75, 3.05) is 31.1 Å². The Morgan fingerprint density at radius 1 is 1.28 bits per heavy atom. The zero-order chi connectivity index (χ0) is 12.5. The topological polar surface area (TPSA) is 28.2 Å². The monoisotopic (exact) mass is 261 g/mol. The number of aromatic nitrogens is 1. The van der Waals surface area contributed by atoms with Gasteiger partial charge in [-0.2, -0.15) is 0 Å². The van der Waals surface area contributed by atoms with E-state index in [9.17, 15) is 0 Å². The van der Waals surface area contributed by atoms with Crippen LogP contribution in [-0.2, 0) is 0 Å². The molecule has 3 rings (SSSR count). The van der Waals surface area contributed by atoms with Crippen LogP contribution in [0.3, 0.4) is 0 Å². The zero-order valence-corrected chi connectivity index (χ0v) is 11.8. The van der Waals surface area contributed by atoms with Crippen LogP contribution in [0, 0.1) is 0 Å². The molecule has 1 fully saturated rings. The van der Waals surface area contributed by atoms with Gasteiger partial charge < -0.3 is 10.2 Å². The molecule has 0 aliphatic carbocycles. The van der Waals surface area contributed by atoms with Gasteiger partial charge in [-0.1, -0.05) is 19.9 Å². The maximum absolute atomic E-state index is 4.74. The van der Waals surface area contributed by atoms with Crippen molar-refractivity contribution in [1.29, 1.82) is 0 Å². The third kappa shape index (κ3) is 2.10. The van der Waals surface area contributed by atoms with Crippen LogP contribution in [0.5, 0.6) is 0 Å². The molecule has 1 aliphatic rings. The highest BCUT2D eigenvalue weighted by atomic mass is 32.1. The molecule has 0 saturated carbocycles. The molecule has 1 N–H and O–H groups in total. The third-order valence-corrected chi connectivity index (χ3v) is 4.76. The Labute approximate surface area is 112 Å². The summed E-state index contributed by atoms with van der Waals surface area (Å²) in [5.74, 6) is 0.512. The van der Waals surface area contributed by atoms with Crippen LogP contribution in [0.15, 0.2) is 18.2 Å². The van der Waals surface area contributed by atoms with Gasteiger partial charge in [0.2, 0.25) is 0 Å². The highest BCUT2D eigenvalue weighted by molar-refractivity contribution is 7.19. The molecule has 18 heavy (non-hydrogen) atoms. The van der Waals surface area contributed by atoms with Gasteiger partial charge in [-0.15, -0.1) is 11.3 Å². The quantitative estimate of drug-likeness (QED) is 0.901. The van der Waals surface area contributed by atoms with Gasteiger partial charge in [0.15, 0.2) is 0 Å². The Balaban J connectivity index is 2.05. The average Bonchev–Trinajstić information content (AvgIpc) is 2.83. The fourth-order valence-corrected chi connectivity index (χ4v) is 3.46. The van der Waals surface area contributed by atoms with E-state index in [1.807, 2.05) is 11.3 Å². The second-order valence-corrected chi connectivity index (χ2v) is 6.10. The van der Waals surface area contributed by atoms with E-state index in [4.69, 9.17) is 4.98 Å². The number of hydrogen-bond acceptors (Lipinski definition) is 4. The number of nitrogens with one attached hydrogen (secondary N) is 1. The number of benzene rings is 1. The first-order valence-corrected chi connectivity index (χ1v) is 7.42. The molecular weight excluding hydrogens is 242 g/mol. The van der Waals surface area contributed by atoms with Crippen LogP contribution in [0.4, 0.5) is 5.69 Å². The number of fused-ring (bicyclic) bond motifs is 1. The largest absolute Gasteiger partial charge is 0.368 e. The van der Waals surface area contributed by atoms with E-state index in [-0.39, 0.29) is 0 Å². The van der Waals surface area contributed by atoms with Crippen LogP contribution in [0.25, 0.3) is 10.2 Å². The number of thiazole rings is 1. The fourth-order valence-electron chi connectivity index (χ4n) is 2.35. The van der Waals surface area contributed by atoms with Crippen molar-refractivity contribution in [3.05, 3.63) is 23.2 Å². The first-order chi connectivity index (χ1) is 8.75. The second kappa shape index (κ2) is 4.86. The summed E-state index contributed by atoms with van der Waals surface area (Å²) in [6.45, 7) is 8.75. The molecule has 2 heterocycles. The lowest BCUT2D eigenvalue weighted by molar-refractivity contribution is 0.590. The first kappa shape index (κ1) is 11.9.